The second kappa shape index (κ2) is 11.5. The van der Waals surface area contributed by atoms with Crippen LogP contribution in [-0.4, -0.2) is 35.7 Å². The molecule has 2 unspecified atom stereocenters. The molecule has 1 fully saturated rings. The molecule has 5 heteroatoms. The molecule has 0 amide bonds. The first-order valence-electron chi connectivity index (χ1n) is 13.0. The number of carbonyl (C=O) groups is 1. The van der Waals surface area contributed by atoms with E-state index in [9.17, 15) is 9.90 Å². The van der Waals surface area contributed by atoms with Gasteiger partial charge in [0.05, 0.1) is 18.6 Å². The van der Waals surface area contributed by atoms with Gasteiger partial charge in [-0.2, -0.15) is 0 Å². The van der Waals surface area contributed by atoms with Crippen molar-refractivity contribution in [3.05, 3.63) is 108 Å². The summed E-state index contributed by atoms with van der Waals surface area (Å²) in [5.41, 5.74) is 3.33. The Kier molecular flexibility index (Phi) is 7.71. The van der Waals surface area contributed by atoms with Crippen LogP contribution in [0.15, 0.2) is 91.0 Å². The Labute approximate surface area is 218 Å². The van der Waals surface area contributed by atoms with Gasteiger partial charge in [-0.05, 0) is 65.9 Å². The van der Waals surface area contributed by atoms with E-state index in [1.807, 2.05) is 43.3 Å². The lowest BCUT2D eigenvalue weighted by molar-refractivity contribution is -0.143. The average Bonchev–Trinajstić information content (AvgIpc) is 2.94. The second-order valence-corrected chi connectivity index (χ2v) is 9.56. The fourth-order valence-electron chi connectivity index (χ4n) is 5.34. The molecule has 2 atom stereocenters. The van der Waals surface area contributed by atoms with Crippen molar-refractivity contribution in [3.63, 3.8) is 0 Å². The summed E-state index contributed by atoms with van der Waals surface area (Å²) in [7, 11) is 0. The number of likely N-dealkylation sites (tertiary alicyclic amines) is 1. The van der Waals surface area contributed by atoms with E-state index >= 15 is 0 Å². The minimum absolute atomic E-state index is 0.101. The van der Waals surface area contributed by atoms with Crippen LogP contribution in [0.25, 0.3) is 10.8 Å². The van der Waals surface area contributed by atoms with Crippen molar-refractivity contribution >= 4 is 16.7 Å². The van der Waals surface area contributed by atoms with Gasteiger partial charge in [0.2, 0.25) is 0 Å². The monoisotopic (exact) mass is 495 g/mol. The summed E-state index contributed by atoms with van der Waals surface area (Å²) >= 11 is 0. The molecule has 4 aromatic carbocycles. The van der Waals surface area contributed by atoms with Gasteiger partial charge in [0, 0.05) is 6.54 Å². The highest BCUT2D eigenvalue weighted by atomic mass is 16.5. The Morgan fingerprint density at radius 2 is 1.73 bits per heavy atom. The third-order valence-corrected chi connectivity index (χ3v) is 7.11. The zero-order valence-electron chi connectivity index (χ0n) is 21.2. The molecule has 0 spiro atoms. The van der Waals surface area contributed by atoms with Crippen molar-refractivity contribution in [2.24, 2.45) is 5.92 Å². The van der Waals surface area contributed by atoms with Crippen LogP contribution in [0, 0.1) is 5.92 Å². The normalized spacial score (nSPS) is 16.8. The highest BCUT2D eigenvalue weighted by molar-refractivity contribution is 5.86. The maximum absolute atomic E-state index is 11.9. The first kappa shape index (κ1) is 24.8. The van der Waals surface area contributed by atoms with E-state index in [1.165, 1.54) is 16.3 Å². The Morgan fingerprint density at radius 1 is 0.946 bits per heavy atom. The smallest absolute Gasteiger partial charge is 0.307 e. The first-order valence-corrected chi connectivity index (χ1v) is 13.0. The van der Waals surface area contributed by atoms with Gasteiger partial charge >= 0.3 is 5.97 Å². The van der Waals surface area contributed by atoms with Crippen molar-refractivity contribution < 1.29 is 19.4 Å². The zero-order valence-corrected chi connectivity index (χ0v) is 21.2. The summed E-state index contributed by atoms with van der Waals surface area (Å²) in [6, 6.07) is 30.9. The van der Waals surface area contributed by atoms with E-state index in [2.05, 4.69) is 59.5 Å². The SMILES string of the molecule is CCOc1cc(C(c2cccc3ccccc23)N2CCCC(C(=O)O)C2)ccc1OCc1ccccc1. The molecular weight excluding hydrogens is 462 g/mol. The molecule has 4 aromatic rings. The summed E-state index contributed by atoms with van der Waals surface area (Å²) < 4.78 is 12.2. The molecule has 190 valence electrons. The van der Waals surface area contributed by atoms with Crippen LogP contribution in [0.4, 0.5) is 0 Å². The molecule has 0 aliphatic carbocycles. The van der Waals surface area contributed by atoms with Crippen molar-refractivity contribution in [3.8, 4) is 11.5 Å². The van der Waals surface area contributed by atoms with Crippen LogP contribution in [0.2, 0.25) is 0 Å². The van der Waals surface area contributed by atoms with Gasteiger partial charge in [-0.3, -0.25) is 9.69 Å². The minimum atomic E-state index is -0.721. The fourth-order valence-corrected chi connectivity index (χ4v) is 5.34. The highest BCUT2D eigenvalue weighted by Gasteiger charge is 2.32. The first-order chi connectivity index (χ1) is 18.1. The van der Waals surface area contributed by atoms with Crippen molar-refractivity contribution in [2.75, 3.05) is 19.7 Å². The minimum Gasteiger partial charge on any atom is -0.490 e. The molecule has 0 radical (unpaired) electrons. The van der Waals surface area contributed by atoms with E-state index in [-0.39, 0.29) is 12.0 Å². The topological polar surface area (TPSA) is 59.0 Å². The van der Waals surface area contributed by atoms with Crippen LogP contribution < -0.4 is 9.47 Å². The molecule has 0 aromatic heterocycles. The lowest BCUT2D eigenvalue weighted by Crippen LogP contribution is -2.41. The van der Waals surface area contributed by atoms with Crippen molar-refractivity contribution in [2.45, 2.75) is 32.4 Å². The van der Waals surface area contributed by atoms with Crippen molar-refractivity contribution in [1.29, 1.82) is 0 Å². The molecule has 37 heavy (non-hydrogen) atoms. The van der Waals surface area contributed by atoms with Gasteiger partial charge in [-0.25, -0.2) is 0 Å². The van der Waals surface area contributed by atoms with Crippen LogP contribution in [0.3, 0.4) is 0 Å². The van der Waals surface area contributed by atoms with Gasteiger partial charge in [-0.1, -0.05) is 78.9 Å². The summed E-state index contributed by atoms with van der Waals surface area (Å²) in [5, 5.41) is 12.1. The molecule has 1 aliphatic heterocycles. The predicted octanol–water partition coefficient (Wildman–Crippen LogP) is 6.70. The number of carboxylic acid groups (broad SMARTS) is 1. The molecule has 0 saturated carbocycles. The van der Waals surface area contributed by atoms with E-state index < -0.39 is 5.97 Å². The number of fused-ring (bicyclic) bond motifs is 1. The van der Waals surface area contributed by atoms with Gasteiger partial charge in [0.25, 0.3) is 0 Å². The molecule has 1 saturated heterocycles. The Hall–Kier alpha value is -3.83. The fraction of sp³-hybridized carbons (Fsp3) is 0.281. The third-order valence-electron chi connectivity index (χ3n) is 7.11. The maximum atomic E-state index is 11.9. The van der Waals surface area contributed by atoms with Crippen LogP contribution in [0.5, 0.6) is 11.5 Å². The Morgan fingerprint density at radius 3 is 2.54 bits per heavy atom. The van der Waals surface area contributed by atoms with Crippen LogP contribution >= 0.6 is 0 Å². The summed E-state index contributed by atoms with van der Waals surface area (Å²) in [4.78, 5) is 14.2. The van der Waals surface area contributed by atoms with Gasteiger partial charge in [0.1, 0.15) is 6.61 Å². The second-order valence-electron chi connectivity index (χ2n) is 9.56. The maximum Gasteiger partial charge on any atom is 0.307 e. The largest absolute Gasteiger partial charge is 0.490 e. The molecule has 1 aliphatic rings. The van der Waals surface area contributed by atoms with Crippen molar-refractivity contribution in [1.82, 2.24) is 4.90 Å². The molecule has 5 nitrogen and oxygen atoms in total. The number of ether oxygens (including phenoxy) is 2. The average molecular weight is 496 g/mol. The molecule has 5 rings (SSSR count). The predicted molar refractivity (Wildman–Crippen MR) is 146 cm³/mol. The van der Waals surface area contributed by atoms with E-state index in [1.54, 1.807) is 0 Å². The summed E-state index contributed by atoms with van der Waals surface area (Å²) in [6.45, 7) is 4.31. The highest BCUT2D eigenvalue weighted by Crippen LogP contribution is 2.40. The number of piperidine rings is 1. The molecule has 1 N–H and O–H groups in total. The van der Waals surface area contributed by atoms with Gasteiger partial charge in [-0.15, -0.1) is 0 Å². The molecule has 0 bridgehead atoms. The number of aliphatic carboxylic acids is 1. The van der Waals surface area contributed by atoms with E-state index in [4.69, 9.17) is 9.47 Å². The lowest BCUT2D eigenvalue weighted by Gasteiger charge is -2.38. The van der Waals surface area contributed by atoms with Gasteiger partial charge in [0.15, 0.2) is 11.5 Å². The number of hydrogen-bond acceptors (Lipinski definition) is 4. The quantitative estimate of drug-likeness (QED) is 0.280. The van der Waals surface area contributed by atoms with Crippen LogP contribution in [0.1, 0.15) is 42.5 Å². The third kappa shape index (κ3) is 5.62. The molecular formula is C32H33NO4. The van der Waals surface area contributed by atoms with E-state index in [0.29, 0.717) is 37.7 Å². The number of nitrogens with zero attached hydrogens (tertiary/aromatic N) is 1. The number of benzene rings is 4. The number of carboxylic acids is 1. The number of rotatable bonds is 9. The molecule has 1 heterocycles. The van der Waals surface area contributed by atoms with Crippen LogP contribution in [-0.2, 0) is 11.4 Å². The number of hydrogen-bond donors (Lipinski definition) is 1. The standard InChI is InChI=1S/C32H33NO4/c1-2-36-30-20-25(17-18-29(30)37-22-23-10-4-3-5-11-23)31(33-19-9-14-26(21-33)32(34)35)28-16-8-13-24-12-6-7-15-27(24)28/h3-8,10-13,15-18,20,26,31H,2,9,14,19,21-22H2,1H3,(H,34,35). The summed E-state index contributed by atoms with van der Waals surface area (Å²) in [6.07, 6.45) is 1.57. The Bertz CT molecular complexity index is 1350. The Balaban J connectivity index is 1.55. The summed E-state index contributed by atoms with van der Waals surface area (Å²) in [5.74, 6) is 0.313. The lowest BCUT2D eigenvalue weighted by atomic mass is 9.89. The zero-order chi connectivity index (χ0) is 25.6. The van der Waals surface area contributed by atoms with Gasteiger partial charge < -0.3 is 14.6 Å². The van der Waals surface area contributed by atoms with E-state index in [0.717, 1.165) is 24.1 Å².